The highest BCUT2D eigenvalue weighted by Gasteiger charge is 2.34. The largest absolute Gasteiger partial charge is 0.352 e. The number of nitrogens with zero attached hydrogens (tertiary/aromatic N) is 1. The predicted octanol–water partition coefficient (Wildman–Crippen LogP) is 2.17. The summed E-state index contributed by atoms with van der Waals surface area (Å²) in [5.41, 5.74) is 1.22. The van der Waals surface area contributed by atoms with Crippen molar-refractivity contribution < 1.29 is 14.0 Å². The van der Waals surface area contributed by atoms with Gasteiger partial charge in [0.2, 0.25) is 11.8 Å². The van der Waals surface area contributed by atoms with Gasteiger partial charge in [0.05, 0.1) is 5.92 Å². The fourth-order valence-corrected chi connectivity index (χ4v) is 4.07. The van der Waals surface area contributed by atoms with E-state index >= 15 is 0 Å². The maximum absolute atomic E-state index is 13.7. The van der Waals surface area contributed by atoms with Crippen LogP contribution in [0, 0.1) is 11.7 Å². The van der Waals surface area contributed by atoms with Crippen molar-refractivity contribution in [3.8, 4) is 0 Å². The Hall–Kier alpha value is -2.45. The van der Waals surface area contributed by atoms with E-state index in [4.69, 9.17) is 0 Å². The molecule has 1 saturated heterocycles. The number of nitrogens with one attached hydrogen (secondary N) is 3. The molecule has 2 amide bonds. The zero-order valence-corrected chi connectivity index (χ0v) is 16.3. The quantitative estimate of drug-likeness (QED) is 0.661. The molecule has 3 N–H and O–H groups in total. The molecular formula is C20H23FN4O2S. The van der Waals surface area contributed by atoms with Gasteiger partial charge < -0.3 is 10.6 Å². The summed E-state index contributed by atoms with van der Waals surface area (Å²) in [5, 5.41) is 8.98. The van der Waals surface area contributed by atoms with Crippen LogP contribution in [0.15, 0.2) is 48.8 Å². The smallest absolute Gasteiger partial charge is 0.227 e. The molecule has 3 atom stereocenters. The van der Waals surface area contributed by atoms with Crippen LogP contribution in [0.4, 0.5) is 4.39 Å². The summed E-state index contributed by atoms with van der Waals surface area (Å²) < 4.78 is 13.7. The van der Waals surface area contributed by atoms with Crippen molar-refractivity contribution in [1.29, 1.82) is 0 Å². The van der Waals surface area contributed by atoms with E-state index in [0.717, 1.165) is 5.56 Å². The number of hydrogen-bond donors (Lipinski definition) is 3. The van der Waals surface area contributed by atoms with Gasteiger partial charge in [-0.1, -0.05) is 18.2 Å². The number of hydrogen-bond acceptors (Lipinski definition) is 5. The fourth-order valence-electron chi connectivity index (χ4n) is 2.98. The van der Waals surface area contributed by atoms with Crippen LogP contribution in [0.25, 0.3) is 0 Å². The SMILES string of the molecule is CC1NC(SCc2ccccc2F)NC(=O)C1CC(=O)NCc1ccncc1. The standard InChI is InChI=1S/C20H23FN4O2S/c1-13-16(10-18(26)23-11-14-6-8-22-9-7-14)19(27)25-20(24-13)28-12-15-4-2-3-5-17(15)21/h2-9,13,16,20,24H,10-12H2,1H3,(H,23,26)(H,25,27). The molecule has 0 spiro atoms. The van der Waals surface area contributed by atoms with E-state index in [0.29, 0.717) is 17.9 Å². The minimum Gasteiger partial charge on any atom is -0.352 e. The first-order valence-electron chi connectivity index (χ1n) is 9.10. The highest BCUT2D eigenvalue weighted by atomic mass is 32.2. The number of halogens is 1. The average molecular weight is 402 g/mol. The number of pyridine rings is 1. The van der Waals surface area contributed by atoms with Crippen molar-refractivity contribution >= 4 is 23.6 Å². The minimum atomic E-state index is -0.456. The van der Waals surface area contributed by atoms with E-state index in [9.17, 15) is 14.0 Å². The maximum atomic E-state index is 13.7. The lowest BCUT2D eigenvalue weighted by Crippen LogP contribution is -2.59. The first-order valence-corrected chi connectivity index (χ1v) is 10.1. The zero-order valence-electron chi connectivity index (χ0n) is 15.5. The second-order valence-corrected chi connectivity index (χ2v) is 7.78. The number of thioether (sulfide) groups is 1. The van der Waals surface area contributed by atoms with Gasteiger partial charge in [-0.05, 0) is 36.2 Å². The molecule has 8 heteroatoms. The summed E-state index contributed by atoms with van der Waals surface area (Å²) in [6.07, 6.45) is 3.44. The van der Waals surface area contributed by atoms with Gasteiger partial charge in [-0.25, -0.2) is 4.39 Å². The summed E-state index contributed by atoms with van der Waals surface area (Å²) >= 11 is 1.41. The van der Waals surface area contributed by atoms with Crippen LogP contribution in [-0.2, 0) is 21.9 Å². The molecule has 0 saturated carbocycles. The monoisotopic (exact) mass is 402 g/mol. The molecule has 0 radical (unpaired) electrons. The van der Waals surface area contributed by atoms with Crippen LogP contribution < -0.4 is 16.0 Å². The van der Waals surface area contributed by atoms with Crippen LogP contribution >= 0.6 is 11.8 Å². The molecule has 3 rings (SSSR count). The molecule has 0 bridgehead atoms. The fraction of sp³-hybridized carbons (Fsp3) is 0.350. The first kappa shape index (κ1) is 20.3. The Bertz CT molecular complexity index is 821. The van der Waals surface area contributed by atoms with Gasteiger partial charge in [0.1, 0.15) is 11.3 Å². The van der Waals surface area contributed by atoms with E-state index in [1.165, 1.54) is 17.8 Å². The van der Waals surface area contributed by atoms with Gasteiger partial charge in [0.25, 0.3) is 0 Å². The normalized spacial score (nSPS) is 21.8. The van der Waals surface area contributed by atoms with E-state index in [1.54, 1.807) is 30.6 Å². The molecular weight excluding hydrogens is 379 g/mol. The summed E-state index contributed by atoms with van der Waals surface area (Å²) in [6, 6.07) is 10.1. The number of amides is 2. The van der Waals surface area contributed by atoms with Crippen LogP contribution in [0.2, 0.25) is 0 Å². The molecule has 0 aliphatic carbocycles. The number of carbonyl (C=O) groups is 2. The van der Waals surface area contributed by atoms with Gasteiger partial charge >= 0.3 is 0 Å². The predicted molar refractivity (Wildman–Crippen MR) is 106 cm³/mol. The Morgan fingerprint density at radius 3 is 2.71 bits per heavy atom. The van der Waals surface area contributed by atoms with Crippen molar-refractivity contribution in [3.63, 3.8) is 0 Å². The summed E-state index contributed by atoms with van der Waals surface area (Å²) in [5.74, 6) is -0.620. The third-order valence-corrected chi connectivity index (χ3v) is 5.70. The van der Waals surface area contributed by atoms with E-state index in [2.05, 4.69) is 20.9 Å². The lowest BCUT2D eigenvalue weighted by Gasteiger charge is -2.35. The zero-order chi connectivity index (χ0) is 19.9. The molecule has 3 unspecified atom stereocenters. The molecule has 148 valence electrons. The molecule has 1 aliphatic rings. The molecule has 28 heavy (non-hydrogen) atoms. The highest BCUT2D eigenvalue weighted by Crippen LogP contribution is 2.23. The molecule has 1 aliphatic heterocycles. The van der Waals surface area contributed by atoms with Gasteiger partial charge in [-0.15, -0.1) is 11.8 Å². The highest BCUT2D eigenvalue weighted by molar-refractivity contribution is 7.99. The topological polar surface area (TPSA) is 83.1 Å². The third-order valence-electron chi connectivity index (χ3n) is 4.64. The van der Waals surface area contributed by atoms with Gasteiger partial charge in [0, 0.05) is 37.2 Å². The van der Waals surface area contributed by atoms with Gasteiger partial charge in [0.15, 0.2) is 0 Å². The minimum absolute atomic E-state index is 0.107. The second-order valence-electron chi connectivity index (χ2n) is 6.69. The van der Waals surface area contributed by atoms with E-state index < -0.39 is 5.92 Å². The average Bonchev–Trinajstić information content (AvgIpc) is 2.69. The number of aromatic nitrogens is 1. The Kier molecular flexibility index (Phi) is 7.00. The molecule has 1 fully saturated rings. The summed E-state index contributed by atoms with van der Waals surface area (Å²) in [7, 11) is 0. The molecule has 1 aromatic carbocycles. The number of carbonyl (C=O) groups excluding carboxylic acids is 2. The lowest BCUT2D eigenvalue weighted by molar-refractivity contribution is -0.133. The summed E-state index contributed by atoms with van der Waals surface area (Å²) in [6.45, 7) is 2.29. The van der Waals surface area contributed by atoms with Crippen LogP contribution in [-0.4, -0.2) is 28.3 Å². The maximum Gasteiger partial charge on any atom is 0.227 e. The second kappa shape index (κ2) is 9.66. The molecule has 2 heterocycles. The number of rotatable bonds is 7. The third kappa shape index (κ3) is 5.53. The van der Waals surface area contributed by atoms with Crippen molar-refractivity contribution in [1.82, 2.24) is 20.9 Å². The Morgan fingerprint density at radius 1 is 1.25 bits per heavy atom. The van der Waals surface area contributed by atoms with Crippen molar-refractivity contribution in [2.75, 3.05) is 0 Å². The van der Waals surface area contributed by atoms with Crippen LogP contribution in [0.1, 0.15) is 24.5 Å². The van der Waals surface area contributed by atoms with Crippen LogP contribution in [0.5, 0.6) is 0 Å². The van der Waals surface area contributed by atoms with Gasteiger partial charge in [-0.3, -0.25) is 19.9 Å². The van der Waals surface area contributed by atoms with Crippen molar-refractivity contribution in [2.45, 2.75) is 37.2 Å². The molecule has 6 nitrogen and oxygen atoms in total. The lowest BCUT2D eigenvalue weighted by atomic mass is 9.94. The Labute approximate surface area is 167 Å². The Morgan fingerprint density at radius 2 is 2.00 bits per heavy atom. The molecule has 2 aromatic rings. The van der Waals surface area contributed by atoms with E-state index in [1.807, 2.05) is 19.1 Å². The van der Waals surface area contributed by atoms with Gasteiger partial charge in [-0.2, -0.15) is 0 Å². The number of benzene rings is 1. The van der Waals surface area contributed by atoms with E-state index in [-0.39, 0.29) is 35.6 Å². The van der Waals surface area contributed by atoms with Crippen molar-refractivity contribution in [3.05, 3.63) is 65.7 Å². The summed E-state index contributed by atoms with van der Waals surface area (Å²) in [4.78, 5) is 28.6. The molecule has 1 aromatic heterocycles. The van der Waals surface area contributed by atoms with Crippen molar-refractivity contribution in [2.24, 2.45) is 5.92 Å². The first-order chi connectivity index (χ1) is 13.5. The Balaban J connectivity index is 1.47. The van der Waals surface area contributed by atoms with Crippen LogP contribution in [0.3, 0.4) is 0 Å².